The highest BCUT2D eigenvalue weighted by molar-refractivity contribution is 7.89. The monoisotopic (exact) mass is 287 g/mol. The Hall–Kier alpha value is -1.39. The lowest BCUT2D eigenvalue weighted by Gasteiger charge is -2.06. The summed E-state index contributed by atoms with van der Waals surface area (Å²) in [6.07, 6.45) is -3.27. The fourth-order valence-electron chi connectivity index (χ4n) is 1.02. The number of rotatable bonds is 3. The lowest BCUT2D eigenvalue weighted by atomic mass is 10.3. The van der Waals surface area contributed by atoms with E-state index in [0.717, 1.165) is 0 Å². The Morgan fingerprint density at radius 1 is 1.53 bits per heavy atom. The van der Waals surface area contributed by atoms with E-state index in [0.29, 0.717) is 6.07 Å². The molecule has 94 valence electrons. The number of nitro groups is 1. The number of hydrogen-bond donors (Lipinski definition) is 1. The van der Waals surface area contributed by atoms with Crippen LogP contribution in [0.15, 0.2) is 11.0 Å². The minimum Gasteiger partial charge on any atom is -0.358 e. The summed E-state index contributed by atoms with van der Waals surface area (Å²) in [7, 11) is -4.57. The molecule has 0 amide bonds. The van der Waals surface area contributed by atoms with E-state index < -0.39 is 42.8 Å². The van der Waals surface area contributed by atoms with E-state index in [9.17, 15) is 27.3 Å². The van der Waals surface area contributed by atoms with Gasteiger partial charge >= 0.3 is 5.82 Å². The number of nitrogens with two attached hydrogens (primary N) is 1. The van der Waals surface area contributed by atoms with Crippen LogP contribution in [0.3, 0.4) is 0 Å². The molecule has 0 spiro atoms. The molecule has 0 unspecified atom stereocenters. The molecule has 2 N–H and O–H groups in total. The SMILES string of the molecule is NS(=O)(=O)c1cc([N+](=O)[O-])nc(Cl)c1C(F)F. The van der Waals surface area contributed by atoms with E-state index in [2.05, 4.69) is 10.1 Å². The van der Waals surface area contributed by atoms with E-state index in [4.69, 9.17) is 11.6 Å². The average Bonchev–Trinajstić information content (AvgIpc) is 2.14. The van der Waals surface area contributed by atoms with Gasteiger partial charge in [0.25, 0.3) is 11.6 Å². The highest BCUT2D eigenvalue weighted by atomic mass is 35.5. The first kappa shape index (κ1) is 13.7. The summed E-state index contributed by atoms with van der Waals surface area (Å²) in [6.45, 7) is 0. The molecule has 1 aromatic heterocycles. The van der Waals surface area contributed by atoms with Gasteiger partial charge in [0.15, 0.2) is 0 Å². The van der Waals surface area contributed by atoms with Crippen molar-refractivity contribution in [2.45, 2.75) is 11.3 Å². The Labute approximate surface area is 98.4 Å². The van der Waals surface area contributed by atoms with Gasteiger partial charge in [-0.2, -0.15) is 0 Å². The first-order chi connectivity index (χ1) is 7.64. The molecule has 0 aliphatic rings. The van der Waals surface area contributed by atoms with Gasteiger partial charge in [0, 0.05) is 0 Å². The zero-order chi connectivity index (χ0) is 13.4. The quantitative estimate of drug-likeness (QED) is 0.510. The maximum absolute atomic E-state index is 12.5. The summed E-state index contributed by atoms with van der Waals surface area (Å²) in [6, 6.07) is 0.336. The highest BCUT2D eigenvalue weighted by Crippen LogP contribution is 2.33. The lowest BCUT2D eigenvalue weighted by Crippen LogP contribution is -2.16. The largest absolute Gasteiger partial charge is 0.366 e. The van der Waals surface area contributed by atoms with Gasteiger partial charge in [0.1, 0.15) is 10.5 Å². The Kier molecular flexibility index (Phi) is 3.59. The average molecular weight is 288 g/mol. The standard InChI is InChI=1S/C6H4ClF2N3O4S/c7-5-4(6(8)9)2(17(10,15)16)1-3(11-5)12(13)14/h1,6H,(H2,10,15,16). The van der Waals surface area contributed by atoms with Crippen molar-refractivity contribution in [1.82, 2.24) is 4.98 Å². The molecule has 0 bridgehead atoms. The summed E-state index contributed by atoms with van der Waals surface area (Å²) in [5, 5.41) is 14.1. The number of aromatic nitrogens is 1. The predicted octanol–water partition coefficient (Wildman–Crippen LogP) is 1.23. The van der Waals surface area contributed by atoms with Gasteiger partial charge in [0.2, 0.25) is 10.0 Å². The topological polar surface area (TPSA) is 116 Å². The van der Waals surface area contributed by atoms with E-state index in [1.54, 1.807) is 0 Å². The van der Waals surface area contributed by atoms with E-state index >= 15 is 0 Å². The summed E-state index contributed by atoms with van der Waals surface area (Å²) in [5.74, 6) is -0.983. The van der Waals surface area contributed by atoms with Crippen molar-refractivity contribution in [3.05, 3.63) is 26.9 Å². The van der Waals surface area contributed by atoms with Crippen molar-refractivity contribution in [3.63, 3.8) is 0 Å². The van der Waals surface area contributed by atoms with Gasteiger partial charge in [-0.15, -0.1) is 0 Å². The second-order valence-corrected chi connectivity index (χ2v) is 4.67. The van der Waals surface area contributed by atoms with Crippen LogP contribution in [-0.4, -0.2) is 18.3 Å². The van der Waals surface area contributed by atoms with Crippen LogP contribution in [-0.2, 0) is 10.0 Å². The number of halogens is 3. The normalized spacial score (nSPS) is 11.8. The van der Waals surface area contributed by atoms with Gasteiger partial charge in [-0.1, -0.05) is 0 Å². The van der Waals surface area contributed by atoms with E-state index in [-0.39, 0.29) is 0 Å². The highest BCUT2D eigenvalue weighted by Gasteiger charge is 2.30. The van der Waals surface area contributed by atoms with Crippen LogP contribution in [0.4, 0.5) is 14.6 Å². The molecule has 1 aromatic rings. The number of pyridine rings is 1. The fourth-order valence-corrected chi connectivity index (χ4v) is 2.11. The first-order valence-electron chi connectivity index (χ1n) is 3.80. The van der Waals surface area contributed by atoms with Crippen molar-refractivity contribution in [1.29, 1.82) is 0 Å². The van der Waals surface area contributed by atoms with Gasteiger partial charge < -0.3 is 10.1 Å². The molecular weight excluding hydrogens is 284 g/mol. The smallest absolute Gasteiger partial charge is 0.358 e. The Morgan fingerprint density at radius 2 is 2.06 bits per heavy atom. The summed E-state index contributed by atoms with van der Waals surface area (Å²) in [4.78, 5) is 11.2. The number of hydrogen-bond acceptors (Lipinski definition) is 5. The summed E-state index contributed by atoms with van der Waals surface area (Å²) < 4.78 is 47.1. The number of primary sulfonamides is 1. The van der Waals surface area contributed by atoms with Gasteiger partial charge in [-0.3, -0.25) is 0 Å². The zero-order valence-corrected chi connectivity index (χ0v) is 9.37. The van der Waals surface area contributed by atoms with Crippen LogP contribution in [0.25, 0.3) is 0 Å². The number of sulfonamides is 1. The van der Waals surface area contributed by atoms with Crippen LogP contribution < -0.4 is 5.14 Å². The Bertz CT molecular complexity index is 577. The minimum absolute atomic E-state index is 0.336. The van der Waals surface area contributed by atoms with Crippen molar-refractivity contribution < 1.29 is 22.1 Å². The second kappa shape index (κ2) is 4.47. The van der Waals surface area contributed by atoms with Crippen molar-refractivity contribution in [2.24, 2.45) is 5.14 Å². The molecule has 0 saturated heterocycles. The van der Waals surface area contributed by atoms with Gasteiger partial charge in [-0.25, -0.2) is 22.3 Å². The number of alkyl halides is 2. The zero-order valence-electron chi connectivity index (χ0n) is 7.80. The third-order valence-corrected chi connectivity index (χ3v) is 2.91. The molecule has 7 nitrogen and oxygen atoms in total. The fraction of sp³-hybridized carbons (Fsp3) is 0.167. The van der Waals surface area contributed by atoms with Gasteiger partial charge in [-0.05, 0) is 21.5 Å². The van der Waals surface area contributed by atoms with Crippen LogP contribution in [0.2, 0.25) is 5.15 Å². The third kappa shape index (κ3) is 2.84. The second-order valence-electron chi connectivity index (χ2n) is 2.79. The Balaban J connectivity index is 3.69. The Morgan fingerprint density at radius 3 is 2.41 bits per heavy atom. The number of nitrogens with zero attached hydrogens (tertiary/aromatic N) is 2. The van der Waals surface area contributed by atoms with E-state index in [1.165, 1.54) is 0 Å². The third-order valence-electron chi connectivity index (χ3n) is 1.67. The molecule has 0 aliphatic heterocycles. The van der Waals surface area contributed by atoms with E-state index in [1.807, 2.05) is 0 Å². The van der Waals surface area contributed by atoms with Crippen LogP contribution in [0, 0.1) is 10.1 Å². The maximum atomic E-state index is 12.5. The summed E-state index contributed by atoms with van der Waals surface area (Å²) in [5.41, 5.74) is -1.15. The van der Waals surface area contributed by atoms with Crippen LogP contribution in [0.1, 0.15) is 12.0 Å². The molecule has 0 fully saturated rings. The molecule has 1 heterocycles. The molecule has 0 aliphatic carbocycles. The molecule has 0 aromatic carbocycles. The van der Waals surface area contributed by atoms with Crippen molar-refractivity contribution in [2.75, 3.05) is 0 Å². The van der Waals surface area contributed by atoms with Crippen LogP contribution in [0.5, 0.6) is 0 Å². The lowest BCUT2D eigenvalue weighted by molar-refractivity contribution is -0.389. The first-order valence-corrected chi connectivity index (χ1v) is 5.72. The molecule has 1 rings (SSSR count). The molecule has 0 saturated carbocycles. The predicted molar refractivity (Wildman–Crippen MR) is 52.2 cm³/mol. The van der Waals surface area contributed by atoms with Crippen LogP contribution >= 0.6 is 11.6 Å². The summed E-state index contributed by atoms with van der Waals surface area (Å²) >= 11 is 5.26. The van der Waals surface area contributed by atoms with Crippen molar-refractivity contribution >= 4 is 27.4 Å². The molecule has 0 atom stereocenters. The molecule has 17 heavy (non-hydrogen) atoms. The maximum Gasteiger partial charge on any atom is 0.366 e. The van der Waals surface area contributed by atoms with Gasteiger partial charge in [0.05, 0.1) is 6.07 Å². The molecular formula is C6H4ClF2N3O4S. The van der Waals surface area contributed by atoms with Crippen molar-refractivity contribution in [3.8, 4) is 0 Å². The molecule has 11 heteroatoms. The minimum atomic E-state index is -4.57. The molecule has 0 radical (unpaired) electrons.